The van der Waals surface area contributed by atoms with Crippen molar-refractivity contribution in [3.05, 3.63) is 95.1 Å². The molecule has 0 aromatic heterocycles. The van der Waals surface area contributed by atoms with Crippen LogP contribution in [0.1, 0.15) is 60.7 Å². The molecule has 0 fully saturated rings. The van der Waals surface area contributed by atoms with Crippen molar-refractivity contribution >= 4 is 16.6 Å². The first-order valence-corrected chi connectivity index (χ1v) is 11.6. The molecule has 0 unspecified atom stereocenters. The molecule has 0 amide bonds. The number of benzene rings is 4. The van der Waals surface area contributed by atoms with Crippen molar-refractivity contribution in [1.82, 2.24) is 0 Å². The van der Waals surface area contributed by atoms with Crippen LogP contribution in [-0.2, 0) is 11.8 Å². The summed E-state index contributed by atoms with van der Waals surface area (Å²) in [5.41, 5.74) is 9.50. The molecule has 0 bridgehead atoms. The Balaban J connectivity index is 1.85. The van der Waals surface area contributed by atoms with Crippen LogP contribution in [0.4, 0.5) is 0 Å². The van der Waals surface area contributed by atoms with Gasteiger partial charge >= 0.3 is 0 Å². The fourth-order valence-corrected chi connectivity index (χ4v) is 5.09. The lowest BCUT2D eigenvalue weighted by Crippen LogP contribution is -2.15. The highest BCUT2D eigenvalue weighted by molar-refractivity contribution is 6.17. The minimum absolute atomic E-state index is 0.102. The van der Waals surface area contributed by atoms with E-state index in [0.29, 0.717) is 6.42 Å². The molecule has 0 atom stereocenters. The molecule has 5 rings (SSSR count). The van der Waals surface area contributed by atoms with Gasteiger partial charge in [0.2, 0.25) is 0 Å². The molecular formula is C31H30O. The van der Waals surface area contributed by atoms with Crippen molar-refractivity contribution in [2.24, 2.45) is 0 Å². The fourth-order valence-electron chi connectivity index (χ4n) is 5.09. The van der Waals surface area contributed by atoms with E-state index in [0.717, 1.165) is 29.5 Å². The Bertz CT molecular complexity index is 1320. The fraction of sp³-hybridized carbons (Fsp3) is 0.258. The maximum Gasteiger partial charge on any atom is 0.163 e. The van der Waals surface area contributed by atoms with Crippen LogP contribution in [-0.4, -0.2) is 5.78 Å². The molecule has 0 aliphatic heterocycles. The molecule has 0 spiro atoms. The number of Topliss-reactive ketones (excluding diaryl/α,β-unsaturated/α-hetero) is 1. The van der Waals surface area contributed by atoms with Crippen LogP contribution < -0.4 is 0 Å². The number of fused-ring (bicyclic) bond motifs is 2. The van der Waals surface area contributed by atoms with Crippen molar-refractivity contribution < 1.29 is 4.79 Å². The molecule has 1 aliphatic carbocycles. The molecule has 1 nitrogen and oxygen atoms in total. The molecule has 0 saturated carbocycles. The first-order chi connectivity index (χ1) is 15.3. The van der Waals surface area contributed by atoms with Gasteiger partial charge in [0.1, 0.15) is 0 Å². The van der Waals surface area contributed by atoms with Crippen molar-refractivity contribution in [3.8, 4) is 22.3 Å². The number of ketones is 1. The Labute approximate surface area is 191 Å². The Morgan fingerprint density at radius 3 is 1.84 bits per heavy atom. The van der Waals surface area contributed by atoms with E-state index in [1.807, 2.05) is 0 Å². The summed E-state index contributed by atoms with van der Waals surface area (Å²) in [6.07, 6.45) is 2.50. The smallest absolute Gasteiger partial charge is 0.163 e. The van der Waals surface area contributed by atoms with E-state index in [-0.39, 0.29) is 11.2 Å². The maximum atomic E-state index is 13.4. The first-order valence-electron chi connectivity index (χ1n) is 11.6. The highest BCUT2D eigenvalue weighted by Gasteiger charge is 2.28. The van der Waals surface area contributed by atoms with Gasteiger partial charge in [0.05, 0.1) is 0 Å². The van der Waals surface area contributed by atoms with E-state index in [1.165, 1.54) is 38.6 Å². The highest BCUT2D eigenvalue weighted by atomic mass is 16.1. The number of carbonyl (C=O) groups is 1. The summed E-state index contributed by atoms with van der Waals surface area (Å²) in [5.74, 6) is 0.278. The topological polar surface area (TPSA) is 17.1 Å². The van der Waals surface area contributed by atoms with Crippen LogP contribution in [0.3, 0.4) is 0 Å². The van der Waals surface area contributed by atoms with Crippen LogP contribution in [0.15, 0.2) is 72.8 Å². The Morgan fingerprint density at radius 1 is 0.656 bits per heavy atom. The molecule has 0 N–H and O–H groups in total. The summed E-state index contributed by atoms with van der Waals surface area (Å²) in [4.78, 5) is 13.4. The summed E-state index contributed by atoms with van der Waals surface area (Å²) in [5, 5.41) is 2.40. The van der Waals surface area contributed by atoms with Crippen molar-refractivity contribution in [2.45, 2.75) is 52.4 Å². The van der Waals surface area contributed by atoms with Gasteiger partial charge in [-0.2, -0.15) is 0 Å². The summed E-state index contributed by atoms with van der Waals surface area (Å²) in [7, 11) is 0. The van der Waals surface area contributed by atoms with Gasteiger partial charge in [0, 0.05) is 17.5 Å². The van der Waals surface area contributed by atoms with Gasteiger partial charge in [0.25, 0.3) is 0 Å². The number of rotatable bonds is 2. The van der Waals surface area contributed by atoms with Gasteiger partial charge in [0.15, 0.2) is 5.78 Å². The summed E-state index contributed by atoms with van der Waals surface area (Å²) < 4.78 is 0. The van der Waals surface area contributed by atoms with E-state index in [4.69, 9.17) is 0 Å². The summed E-state index contributed by atoms with van der Waals surface area (Å²) >= 11 is 0. The molecule has 32 heavy (non-hydrogen) atoms. The van der Waals surface area contributed by atoms with Gasteiger partial charge in [-0.15, -0.1) is 0 Å². The highest BCUT2D eigenvalue weighted by Crippen LogP contribution is 2.45. The average molecular weight is 419 g/mol. The van der Waals surface area contributed by atoms with Crippen LogP contribution in [0.25, 0.3) is 33.0 Å². The van der Waals surface area contributed by atoms with Crippen molar-refractivity contribution in [2.75, 3.05) is 0 Å². The zero-order valence-corrected chi connectivity index (χ0v) is 19.5. The summed E-state index contributed by atoms with van der Waals surface area (Å²) in [6.45, 7) is 8.82. The molecule has 160 valence electrons. The second-order valence-electron chi connectivity index (χ2n) is 10.1. The average Bonchev–Trinajstić information content (AvgIpc) is 2.78. The third-order valence-electron chi connectivity index (χ3n) is 6.81. The van der Waals surface area contributed by atoms with E-state index < -0.39 is 0 Å². The quantitative estimate of drug-likeness (QED) is 0.320. The van der Waals surface area contributed by atoms with Crippen LogP contribution in [0.5, 0.6) is 0 Å². The lowest BCUT2D eigenvalue weighted by Gasteiger charge is -2.26. The predicted molar refractivity (Wildman–Crippen MR) is 136 cm³/mol. The zero-order chi connectivity index (χ0) is 22.5. The second kappa shape index (κ2) is 7.74. The van der Waals surface area contributed by atoms with Crippen molar-refractivity contribution in [1.29, 1.82) is 0 Å². The molecule has 1 heteroatoms. The minimum atomic E-state index is 0.102. The third-order valence-corrected chi connectivity index (χ3v) is 6.81. The molecule has 1 aliphatic rings. The lowest BCUT2D eigenvalue weighted by atomic mass is 9.77. The number of hydrogen-bond acceptors (Lipinski definition) is 1. The normalized spacial score (nSPS) is 13.9. The zero-order valence-electron chi connectivity index (χ0n) is 19.5. The van der Waals surface area contributed by atoms with Crippen LogP contribution in [0, 0.1) is 6.92 Å². The lowest BCUT2D eigenvalue weighted by molar-refractivity contribution is 0.0973. The van der Waals surface area contributed by atoms with Crippen LogP contribution >= 0.6 is 0 Å². The van der Waals surface area contributed by atoms with E-state index >= 15 is 0 Å². The SMILES string of the molecule is Cc1ccc(-c2c3c(c(-c4ccc(C(C)(C)C)cc4)c4ccccc24)C(=O)CCC3)cc1. The molecule has 0 radical (unpaired) electrons. The summed E-state index contributed by atoms with van der Waals surface area (Å²) in [6, 6.07) is 26.2. The van der Waals surface area contributed by atoms with E-state index in [2.05, 4.69) is 100 Å². The molecule has 4 aromatic rings. The Morgan fingerprint density at radius 2 is 1.22 bits per heavy atom. The number of hydrogen-bond donors (Lipinski definition) is 0. The molecule has 4 aromatic carbocycles. The second-order valence-corrected chi connectivity index (χ2v) is 10.1. The molecule has 0 heterocycles. The van der Waals surface area contributed by atoms with Gasteiger partial charge in [-0.25, -0.2) is 0 Å². The number of carbonyl (C=O) groups excluding carboxylic acids is 1. The standard InChI is InChI=1S/C31H30O/c1-20-12-14-21(15-13-20)28-24-8-5-6-9-25(24)29(30-26(28)10-7-11-27(30)32)22-16-18-23(19-17-22)31(2,3)4/h5-6,8-9,12-19H,7,10-11H2,1-4H3. The largest absolute Gasteiger partial charge is 0.294 e. The Hall–Kier alpha value is -3.19. The molecular weight excluding hydrogens is 388 g/mol. The van der Waals surface area contributed by atoms with Gasteiger partial charge < -0.3 is 0 Å². The number of aryl methyl sites for hydroxylation is 1. The van der Waals surface area contributed by atoms with Gasteiger partial charge in [-0.05, 0) is 63.8 Å². The predicted octanol–water partition coefficient (Wildman–Crippen LogP) is 8.30. The van der Waals surface area contributed by atoms with E-state index in [9.17, 15) is 4.79 Å². The van der Waals surface area contributed by atoms with Crippen LogP contribution in [0.2, 0.25) is 0 Å². The molecule has 0 saturated heterocycles. The van der Waals surface area contributed by atoms with Gasteiger partial charge in [-0.3, -0.25) is 4.79 Å². The van der Waals surface area contributed by atoms with E-state index in [1.54, 1.807) is 0 Å². The first kappa shape index (κ1) is 20.7. The monoisotopic (exact) mass is 418 g/mol. The maximum absolute atomic E-state index is 13.4. The third kappa shape index (κ3) is 3.46. The van der Waals surface area contributed by atoms with Crippen molar-refractivity contribution in [3.63, 3.8) is 0 Å². The Kier molecular flexibility index (Phi) is 5.01. The minimum Gasteiger partial charge on any atom is -0.294 e. The van der Waals surface area contributed by atoms with Gasteiger partial charge in [-0.1, -0.05) is 99.1 Å².